The van der Waals surface area contributed by atoms with Gasteiger partial charge in [0.15, 0.2) is 6.61 Å². The molecule has 0 atom stereocenters. The molecule has 0 spiro atoms. The first-order valence-corrected chi connectivity index (χ1v) is 9.10. The molecule has 0 saturated heterocycles. The second-order valence-corrected chi connectivity index (χ2v) is 6.94. The Labute approximate surface area is 167 Å². The predicted octanol–water partition coefficient (Wildman–Crippen LogP) is 4.99. The fourth-order valence-electron chi connectivity index (χ4n) is 3.01. The minimum absolute atomic E-state index is 0.283. The monoisotopic (exact) mass is 399 g/mol. The van der Waals surface area contributed by atoms with Gasteiger partial charge in [0.2, 0.25) is 5.78 Å². The molecule has 2 aromatic carbocycles. The van der Waals surface area contributed by atoms with Gasteiger partial charge in [0, 0.05) is 28.5 Å². The van der Waals surface area contributed by atoms with Crippen LogP contribution in [0.1, 0.15) is 37.7 Å². The van der Waals surface area contributed by atoms with Crippen LogP contribution in [0.4, 0.5) is 4.39 Å². The SMILES string of the molecule is Cc1cc(C(=O)COC(=O)c2cccc(Cl)c2)c(C)n1Cc1ccc(F)cc1. The number of aryl methyl sites for hydroxylation is 1. The van der Waals surface area contributed by atoms with Gasteiger partial charge in [-0.15, -0.1) is 0 Å². The van der Waals surface area contributed by atoms with Gasteiger partial charge in [0.1, 0.15) is 5.82 Å². The van der Waals surface area contributed by atoms with Gasteiger partial charge < -0.3 is 9.30 Å². The average Bonchev–Trinajstić information content (AvgIpc) is 2.96. The standard InChI is InChI=1S/C22H19ClFNO3/c1-14-10-20(15(2)25(14)12-16-6-8-19(24)9-7-16)21(26)13-28-22(27)17-4-3-5-18(23)11-17/h3-11H,12-13H2,1-2H3. The summed E-state index contributed by atoms with van der Waals surface area (Å²) in [5, 5.41) is 0.421. The summed E-state index contributed by atoms with van der Waals surface area (Å²) in [6, 6.07) is 14.4. The van der Waals surface area contributed by atoms with Crippen molar-refractivity contribution < 1.29 is 18.7 Å². The van der Waals surface area contributed by atoms with Crippen LogP contribution in [-0.4, -0.2) is 22.9 Å². The zero-order valence-electron chi connectivity index (χ0n) is 15.5. The highest BCUT2D eigenvalue weighted by atomic mass is 35.5. The predicted molar refractivity (Wildman–Crippen MR) is 105 cm³/mol. The van der Waals surface area contributed by atoms with Gasteiger partial charge in [-0.3, -0.25) is 4.79 Å². The number of hydrogen-bond acceptors (Lipinski definition) is 3. The third kappa shape index (κ3) is 4.49. The Balaban J connectivity index is 1.70. The highest BCUT2D eigenvalue weighted by molar-refractivity contribution is 6.30. The van der Waals surface area contributed by atoms with E-state index in [4.69, 9.17) is 16.3 Å². The van der Waals surface area contributed by atoms with Crippen LogP contribution in [0.5, 0.6) is 0 Å². The molecule has 0 unspecified atom stereocenters. The van der Waals surface area contributed by atoms with Crippen molar-refractivity contribution in [3.05, 3.63) is 93.5 Å². The molecule has 1 aromatic heterocycles. The average molecular weight is 400 g/mol. The van der Waals surface area contributed by atoms with Crippen molar-refractivity contribution in [1.29, 1.82) is 0 Å². The Kier molecular flexibility index (Phi) is 5.95. The summed E-state index contributed by atoms with van der Waals surface area (Å²) >= 11 is 5.87. The van der Waals surface area contributed by atoms with Gasteiger partial charge in [-0.05, 0) is 55.8 Å². The van der Waals surface area contributed by atoms with E-state index in [1.807, 2.05) is 18.4 Å². The van der Waals surface area contributed by atoms with E-state index < -0.39 is 5.97 Å². The number of benzene rings is 2. The summed E-state index contributed by atoms with van der Waals surface area (Å²) in [6.45, 7) is 3.90. The molecular weight excluding hydrogens is 381 g/mol. The maximum atomic E-state index is 13.1. The normalized spacial score (nSPS) is 10.7. The van der Waals surface area contributed by atoms with Crippen molar-refractivity contribution in [3.8, 4) is 0 Å². The second-order valence-electron chi connectivity index (χ2n) is 6.51. The minimum Gasteiger partial charge on any atom is -0.454 e. The molecule has 6 heteroatoms. The van der Waals surface area contributed by atoms with Crippen LogP contribution >= 0.6 is 11.6 Å². The molecule has 28 heavy (non-hydrogen) atoms. The maximum absolute atomic E-state index is 13.1. The van der Waals surface area contributed by atoms with Crippen LogP contribution in [0.15, 0.2) is 54.6 Å². The minimum atomic E-state index is -0.601. The van der Waals surface area contributed by atoms with E-state index in [1.54, 1.807) is 36.4 Å². The molecule has 3 aromatic rings. The molecule has 0 aliphatic carbocycles. The summed E-state index contributed by atoms with van der Waals surface area (Å²) in [6.07, 6.45) is 0. The lowest BCUT2D eigenvalue weighted by molar-refractivity contribution is 0.0474. The fraction of sp³-hybridized carbons (Fsp3) is 0.182. The molecular formula is C22H19ClFNO3. The number of carbonyl (C=O) groups excluding carboxylic acids is 2. The lowest BCUT2D eigenvalue weighted by Gasteiger charge is -2.10. The number of hydrogen-bond donors (Lipinski definition) is 0. The zero-order valence-corrected chi connectivity index (χ0v) is 16.3. The Hall–Kier alpha value is -2.92. The third-order valence-electron chi connectivity index (χ3n) is 4.52. The molecule has 0 radical (unpaired) electrons. The molecule has 0 saturated carbocycles. The number of halogens is 2. The van der Waals surface area contributed by atoms with Crippen molar-refractivity contribution in [2.45, 2.75) is 20.4 Å². The Bertz CT molecular complexity index is 1020. The Morgan fingerprint density at radius 3 is 2.46 bits per heavy atom. The highest BCUT2D eigenvalue weighted by Crippen LogP contribution is 2.19. The van der Waals surface area contributed by atoms with Crippen molar-refractivity contribution >= 4 is 23.4 Å². The van der Waals surface area contributed by atoms with Crippen molar-refractivity contribution in [2.24, 2.45) is 0 Å². The van der Waals surface area contributed by atoms with E-state index in [-0.39, 0.29) is 18.2 Å². The number of rotatable bonds is 6. The Morgan fingerprint density at radius 2 is 1.79 bits per heavy atom. The molecule has 144 valence electrons. The van der Waals surface area contributed by atoms with Crippen LogP contribution in [0.3, 0.4) is 0 Å². The summed E-state index contributed by atoms with van der Waals surface area (Å²) in [4.78, 5) is 24.7. The van der Waals surface area contributed by atoms with Crippen molar-refractivity contribution in [2.75, 3.05) is 6.61 Å². The largest absolute Gasteiger partial charge is 0.454 e. The van der Waals surface area contributed by atoms with Crippen molar-refractivity contribution in [3.63, 3.8) is 0 Å². The van der Waals surface area contributed by atoms with Gasteiger partial charge in [-0.25, -0.2) is 9.18 Å². The topological polar surface area (TPSA) is 48.3 Å². The lowest BCUT2D eigenvalue weighted by atomic mass is 10.1. The Morgan fingerprint density at radius 1 is 1.07 bits per heavy atom. The molecule has 0 aliphatic heterocycles. The molecule has 3 rings (SSSR count). The van der Waals surface area contributed by atoms with Crippen LogP contribution in [0, 0.1) is 19.7 Å². The van der Waals surface area contributed by atoms with E-state index >= 15 is 0 Å². The lowest BCUT2D eigenvalue weighted by Crippen LogP contribution is -2.15. The molecule has 4 nitrogen and oxygen atoms in total. The van der Waals surface area contributed by atoms with E-state index in [0.717, 1.165) is 17.0 Å². The molecule has 0 fully saturated rings. The third-order valence-corrected chi connectivity index (χ3v) is 4.76. The smallest absolute Gasteiger partial charge is 0.338 e. The molecule has 0 aliphatic rings. The van der Waals surface area contributed by atoms with Gasteiger partial charge in [-0.2, -0.15) is 0 Å². The van der Waals surface area contributed by atoms with Crippen LogP contribution in [0.25, 0.3) is 0 Å². The summed E-state index contributed by atoms with van der Waals surface area (Å²) in [5.74, 6) is -1.17. The van der Waals surface area contributed by atoms with Crippen molar-refractivity contribution in [1.82, 2.24) is 4.57 Å². The number of esters is 1. The van der Waals surface area contributed by atoms with Gasteiger partial charge in [-0.1, -0.05) is 29.8 Å². The second kappa shape index (κ2) is 8.40. The molecule has 1 heterocycles. The number of nitrogens with zero attached hydrogens (tertiary/aromatic N) is 1. The maximum Gasteiger partial charge on any atom is 0.338 e. The van der Waals surface area contributed by atoms with Gasteiger partial charge >= 0.3 is 5.97 Å². The van der Waals surface area contributed by atoms with Gasteiger partial charge in [0.05, 0.1) is 5.56 Å². The summed E-state index contributed by atoms with van der Waals surface area (Å²) in [5.41, 5.74) is 3.38. The number of Topliss-reactive ketones (excluding diaryl/α,β-unsaturated/α-hetero) is 1. The van der Waals surface area contributed by atoms with Crippen LogP contribution in [-0.2, 0) is 11.3 Å². The first kappa shape index (κ1) is 19.8. The zero-order chi connectivity index (χ0) is 20.3. The van der Waals surface area contributed by atoms with Crippen LogP contribution in [0.2, 0.25) is 5.02 Å². The van der Waals surface area contributed by atoms with E-state index in [1.165, 1.54) is 18.2 Å². The van der Waals surface area contributed by atoms with E-state index in [0.29, 0.717) is 22.7 Å². The molecule has 0 amide bonds. The quantitative estimate of drug-likeness (QED) is 0.433. The molecule has 0 bridgehead atoms. The number of ether oxygens (including phenoxy) is 1. The first-order chi connectivity index (χ1) is 13.3. The molecule has 0 N–H and O–H groups in total. The number of ketones is 1. The van der Waals surface area contributed by atoms with E-state index in [2.05, 4.69) is 0 Å². The fourth-order valence-corrected chi connectivity index (χ4v) is 3.20. The van der Waals surface area contributed by atoms with E-state index in [9.17, 15) is 14.0 Å². The van der Waals surface area contributed by atoms with Gasteiger partial charge in [0.25, 0.3) is 0 Å². The number of aromatic nitrogens is 1. The summed E-state index contributed by atoms with van der Waals surface area (Å²) in [7, 11) is 0. The highest BCUT2D eigenvalue weighted by Gasteiger charge is 2.18. The summed E-state index contributed by atoms with van der Waals surface area (Å²) < 4.78 is 20.2. The van der Waals surface area contributed by atoms with Crippen LogP contribution < -0.4 is 0 Å². The number of carbonyl (C=O) groups is 2. The first-order valence-electron chi connectivity index (χ1n) is 8.72.